The number of aliphatic imine (C=N–C) groups is 1. The quantitative estimate of drug-likeness (QED) is 0.846. The third kappa shape index (κ3) is 2.79. The molecule has 0 spiro atoms. The third-order valence-electron chi connectivity index (χ3n) is 3.30. The molecule has 1 fully saturated rings. The SMILES string of the molecule is C=N[C@@H](C(=O)N1CCCCC1)[C@@H](O)c1ccsc1. The molecule has 0 radical (unpaired) electrons. The number of carbonyl (C=O) groups excluding carboxylic acids is 1. The second-order valence-corrected chi connectivity index (χ2v) is 5.29. The second-order valence-electron chi connectivity index (χ2n) is 4.51. The monoisotopic (exact) mass is 266 g/mol. The standard InChI is InChI=1S/C13H18N2O2S/c1-14-11(12(16)10-5-8-18-9-10)13(17)15-6-3-2-4-7-15/h5,8-9,11-12,16H,1-4,6-7H2/t11-,12+/m1/s1. The van der Waals surface area contributed by atoms with E-state index in [0.717, 1.165) is 31.5 Å². The minimum atomic E-state index is -0.886. The number of likely N-dealkylation sites (tertiary alicyclic amines) is 1. The normalized spacial score (nSPS) is 19.3. The van der Waals surface area contributed by atoms with E-state index in [2.05, 4.69) is 11.7 Å². The van der Waals surface area contributed by atoms with Crippen LogP contribution in [0.5, 0.6) is 0 Å². The van der Waals surface area contributed by atoms with E-state index in [4.69, 9.17) is 0 Å². The molecule has 1 N–H and O–H groups in total. The van der Waals surface area contributed by atoms with Gasteiger partial charge in [-0.1, -0.05) is 0 Å². The number of nitrogens with zero attached hydrogens (tertiary/aromatic N) is 2. The van der Waals surface area contributed by atoms with Crippen LogP contribution in [0.25, 0.3) is 0 Å². The molecule has 2 atom stereocenters. The van der Waals surface area contributed by atoms with Gasteiger partial charge in [-0.25, -0.2) is 0 Å². The number of hydrogen-bond acceptors (Lipinski definition) is 4. The van der Waals surface area contributed by atoms with Gasteiger partial charge in [0, 0.05) is 13.1 Å². The second kappa shape index (κ2) is 6.11. The third-order valence-corrected chi connectivity index (χ3v) is 4.00. The van der Waals surface area contributed by atoms with Crippen molar-refractivity contribution in [3.63, 3.8) is 0 Å². The number of piperidine rings is 1. The Kier molecular flexibility index (Phi) is 4.49. The van der Waals surface area contributed by atoms with Crippen molar-refractivity contribution in [2.45, 2.75) is 31.4 Å². The van der Waals surface area contributed by atoms with Gasteiger partial charge in [0.15, 0.2) is 6.04 Å². The maximum absolute atomic E-state index is 12.3. The van der Waals surface area contributed by atoms with Crippen molar-refractivity contribution in [1.29, 1.82) is 0 Å². The van der Waals surface area contributed by atoms with Crippen LogP contribution in [0.15, 0.2) is 21.8 Å². The molecule has 1 aliphatic rings. The summed E-state index contributed by atoms with van der Waals surface area (Å²) in [7, 11) is 0. The highest BCUT2D eigenvalue weighted by atomic mass is 32.1. The van der Waals surface area contributed by atoms with Crippen molar-refractivity contribution < 1.29 is 9.90 Å². The molecule has 1 amide bonds. The van der Waals surface area contributed by atoms with Crippen LogP contribution in [-0.2, 0) is 4.79 Å². The molecular weight excluding hydrogens is 248 g/mol. The number of aliphatic hydroxyl groups is 1. The van der Waals surface area contributed by atoms with Crippen LogP contribution < -0.4 is 0 Å². The smallest absolute Gasteiger partial charge is 0.250 e. The lowest BCUT2D eigenvalue weighted by molar-refractivity contribution is -0.136. The van der Waals surface area contributed by atoms with Gasteiger partial charge in [-0.05, 0) is 48.4 Å². The number of carbonyl (C=O) groups is 1. The molecule has 98 valence electrons. The molecule has 1 aliphatic heterocycles. The summed E-state index contributed by atoms with van der Waals surface area (Å²) in [6, 6.07) is 1.04. The molecule has 4 nitrogen and oxygen atoms in total. The highest BCUT2D eigenvalue weighted by molar-refractivity contribution is 7.07. The van der Waals surface area contributed by atoms with Gasteiger partial charge < -0.3 is 10.0 Å². The Morgan fingerprint density at radius 3 is 2.72 bits per heavy atom. The number of hydrogen-bond donors (Lipinski definition) is 1. The maximum Gasteiger partial charge on any atom is 0.250 e. The maximum atomic E-state index is 12.3. The van der Waals surface area contributed by atoms with E-state index >= 15 is 0 Å². The Balaban J connectivity index is 2.07. The Labute approximate surface area is 111 Å². The van der Waals surface area contributed by atoms with Crippen LogP contribution in [0.3, 0.4) is 0 Å². The number of amides is 1. The molecule has 1 aromatic heterocycles. The van der Waals surface area contributed by atoms with Gasteiger partial charge in [-0.15, -0.1) is 0 Å². The van der Waals surface area contributed by atoms with Crippen LogP contribution in [0.4, 0.5) is 0 Å². The van der Waals surface area contributed by atoms with Crippen molar-refractivity contribution in [2.75, 3.05) is 13.1 Å². The first-order valence-corrected chi connectivity index (χ1v) is 7.13. The van der Waals surface area contributed by atoms with Gasteiger partial charge in [0.2, 0.25) is 5.91 Å². The first kappa shape index (κ1) is 13.2. The predicted molar refractivity (Wildman–Crippen MR) is 73.0 cm³/mol. The molecule has 2 rings (SSSR count). The summed E-state index contributed by atoms with van der Waals surface area (Å²) in [6.07, 6.45) is 2.35. The van der Waals surface area contributed by atoms with Gasteiger partial charge in [0.05, 0.1) is 0 Å². The highest BCUT2D eigenvalue weighted by Gasteiger charge is 2.31. The van der Waals surface area contributed by atoms with E-state index in [1.165, 1.54) is 17.8 Å². The van der Waals surface area contributed by atoms with E-state index < -0.39 is 12.1 Å². The number of aliphatic hydroxyl groups excluding tert-OH is 1. The first-order valence-electron chi connectivity index (χ1n) is 6.19. The van der Waals surface area contributed by atoms with Gasteiger partial charge in [-0.3, -0.25) is 9.79 Å². The van der Waals surface area contributed by atoms with Crippen LogP contribution >= 0.6 is 11.3 Å². The summed E-state index contributed by atoms with van der Waals surface area (Å²) in [4.78, 5) is 17.9. The fraction of sp³-hybridized carbons (Fsp3) is 0.538. The molecule has 0 aliphatic carbocycles. The summed E-state index contributed by atoms with van der Waals surface area (Å²) >= 11 is 1.50. The molecule has 0 unspecified atom stereocenters. The van der Waals surface area contributed by atoms with Crippen LogP contribution in [0.2, 0.25) is 0 Å². The van der Waals surface area contributed by atoms with Gasteiger partial charge in [-0.2, -0.15) is 11.3 Å². The Morgan fingerprint density at radius 2 is 2.17 bits per heavy atom. The van der Waals surface area contributed by atoms with Crippen LogP contribution in [0, 0.1) is 0 Å². The van der Waals surface area contributed by atoms with E-state index in [1.54, 1.807) is 4.90 Å². The largest absolute Gasteiger partial charge is 0.386 e. The summed E-state index contributed by atoms with van der Waals surface area (Å²) in [5, 5.41) is 13.9. The van der Waals surface area contributed by atoms with E-state index in [1.807, 2.05) is 16.8 Å². The van der Waals surface area contributed by atoms with Gasteiger partial charge in [0.25, 0.3) is 0 Å². The van der Waals surface area contributed by atoms with Gasteiger partial charge in [0.1, 0.15) is 6.10 Å². The number of thiophene rings is 1. The van der Waals surface area contributed by atoms with E-state index in [-0.39, 0.29) is 5.91 Å². The molecule has 0 bridgehead atoms. The lowest BCUT2D eigenvalue weighted by atomic mass is 10.0. The fourth-order valence-corrected chi connectivity index (χ4v) is 2.93. The molecule has 18 heavy (non-hydrogen) atoms. The van der Waals surface area contributed by atoms with E-state index in [0.29, 0.717) is 0 Å². The highest BCUT2D eigenvalue weighted by Crippen LogP contribution is 2.24. The average molecular weight is 266 g/mol. The van der Waals surface area contributed by atoms with E-state index in [9.17, 15) is 9.90 Å². The van der Waals surface area contributed by atoms with Crippen molar-refractivity contribution in [3.05, 3.63) is 22.4 Å². The zero-order valence-electron chi connectivity index (χ0n) is 10.3. The summed E-state index contributed by atoms with van der Waals surface area (Å²) in [6.45, 7) is 4.98. The zero-order valence-corrected chi connectivity index (χ0v) is 11.1. The number of rotatable bonds is 4. The summed E-state index contributed by atoms with van der Waals surface area (Å²) in [5.41, 5.74) is 0.739. The fourth-order valence-electron chi connectivity index (χ4n) is 2.24. The van der Waals surface area contributed by atoms with Crippen molar-refractivity contribution in [2.24, 2.45) is 4.99 Å². The average Bonchev–Trinajstić information content (AvgIpc) is 2.94. The lowest BCUT2D eigenvalue weighted by Gasteiger charge is -2.30. The zero-order chi connectivity index (χ0) is 13.0. The topological polar surface area (TPSA) is 52.9 Å². The first-order chi connectivity index (χ1) is 8.74. The van der Waals surface area contributed by atoms with Crippen LogP contribution in [0.1, 0.15) is 30.9 Å². The summed E-state index contributed by atoms with van der Waals surface area (Å²) in [5.74, 6) is -0.108. The molecule has 0 saturated carbocycles. The Bertz CT molecular complexity index is 399. The van der Waals surface area contributed by atoms with Crippen molar-refractivity contribution in [1.82, 2.24) is 4.90 Å². The molecular formula is C13H18N2O2S. The molecule has 1 saturated heterocycles. The predicted octanol–water partition coefficient (Wildman–Crippen LogP) is 1.86. The molecule has 5 heteroatoms. The molecule has 1 aromatic rings. The Morgan fingerprint density at radius 1 is 1.44 bits per heavy atom. The molecule has 2 heterocycles. The Hall–Kier alpha value is -1.20. The minimum absolute atomic E-state index is 0.108. The molecule has 0 aromatic carbocycles. The van der Waals surface area contributed by atoms with Crippen molar-refractivity contribution in [3.8, 4) is 0 Å². The van der Waals surface area contributed by atoms with Crippen molar-refractivity contribution >= 4 is 24.0 Å². The lowest BCUT2D eigenvalue weighted by Crippen LogP contribution is -2.43. The van der Waals surface area contributed by atoms with Gasteiger partial charge >= 0.3 is 0 Å². The minimum Gasteiger partial charge on any atom is -0.386 e. The summed E-state index contributed by atoms with van der Waals surface area (Å²) < 4.78 is 0. The van der Waals surface area contributed by atoms with Crippen LogP contribution in [-0.4, -0.2) is 41.8 Å².